The lowest BCUT2D eigenvalue weighted by Gasteiger charge is -2.24. The molecule has 1 saturated heterocycles. The lowest BCUT2D eigenvalue weighted by molar-refractivity contribution is -0.129. The van der Waals surface area contributed by atoms with E-state index in [2.05, 4.69) is 12.2 Å². The maximum Gasteiger partial charge on any atom is 0.241 e. The molecule has 0 aliphatic carbocycles. The molecule has 1 aliphatic heterocycles. The van der Waals surface area contributed by atoms with Gasteiger partial charge in [0.05, 0.1) is 13.2 Å². The zero-order valence-electron chi connectivity index (χ0n) is 11.1. The number of nitrogens with zero attached hydrogens (tertiary/aromatic N) is 1. The SMILES string of the molecule is CCCN1C(=O)C(C)NC1c1cccc(OC)c1. The molecule has 1 heterocycles. The second kappa shape index (κ2) is 5.40. The number of methoxy groups -OCH3 is 1. The molecule has 1 aromatic carbocycles. The summed E-state index contributed by atoms with van der Waals surface area (Å²) in [5.41, 5.74) is 1.07. The maximum absolute atomic E-state index is 12.1. The van der Waals surface area contributed by atoms with Crippen LogP contribution in [0.4, 0.5) is 0 Å². The molecule has 1 aromatic rings. The zero-order chi connectivity index (χ0) is 13.1. The molecule has 0 aromatic heterocycles. The first kappa shape index (κ1) is 12.9. The van der Waals surface area contributed by atoms with Crippen LogP contribution in [0.15, 0.2) is 24.3 Å². The van der Waals surface area contributed by atoms with Gasteiger partial charge in [-0.1, -0.05) is 19.1 Å². The van der Waals surface area contributed by atoms with Crippen LogP contribution < -0.4 is 10.1 Å². The summed E-state index contributed by atoms with van der Waals surface area (Å²) in [4.78, 5) is 14.0. The van der Waals surface area contributed by atoms with Crippen molar-refractivity contribution < 1.29 is 9.53 Å². The lowest BCUT2D eigenvalue weighted by atomic mass is 10.1. The van der Waals surface area contributed by atoms with Crippen molar-refractivity contribution >= 4 is 5.91 Å². The van der Waals surface area contributed by atoms with Crippen LogP contribution in [0.3, 0.4) is 0 Å². The number of rotatable bonds is 4. The highest BCUT2D eigenvalue weighted by molar-refractivity contribution is 5.84. The van der Waals surface area contributed by atoms with Gasteiger partial charge < -0.3 is 9.64 Å². The van der Waals surface area contributed by atoms with Gasteiger partial charge in [0.15, 0.2) is 0 Å². The van der Waals surface area contributed by atoms with Crippen molar-refractivity contribution in [2.45, 2.75) is 32.5 Å². The van der Waals surface area contributed by atoms with Gasteiger partial charge in [-0.3, -0.25) is 10.1 Å². The highest BCUT2D eigenvalue weighted by Crippen LogP contribution is 2.27. The molecule has 0 radical (unpaired) electrons. The molecule has 4 heteroatoms. The summed E-state index contributed by atoms with van der Waals surface area (Å²) in [6, 6.07) is 7.74. The van der Waals surface area contributed by atoms with E-state index in [-0.39, 0.29) is 18.1 Å². The van der Waals surface area contributed by atoms with E-state index in [9.17, 15) is 4.79 Å². The topological polar surface area (TPSA) is 41.6 Å². The van der Waals surface area contributed by atoms with Gasteiger partial charge in [0, 0.05) is 6.54 Å². The molecule has 1 aliphatic rings. The Morgan fingerprint density at radius 1 is 1.44 bits per heavy atom. The van der Waals surface area contributed by atoms with E-state index in [0.29, 0.717) is 0 Å². The monoisotopic (exact) mass is 248 g/mol. The molecule has 0 saturated carbocycles. The van der Waals surface area contributed by atoms with E-state index in [1.165, 1.54) is 0 Å². The smallest absolute Gasteiger partial charge is 0.241 e. The lowest BCUT2D eigenvalue weighted by Crippen LogP contribution is -2.31. The summed E-state index contributed by atoms with van der Waals surface area (Å²) in [6.45, 7) is 4.77. The van der Waals surface area contributed by atoms with Crippen LogP contribution >= 0.6 is 0 Å². The van der Waals surface area contributed by atoms with Gasteiger partial charge in [0.2, 0.25) is 5.91 Å². The molecule has 1 fully saturated rings. The van der Waals surface area contributed by atoms with Crippen LogP contribution in [-0.4, -0.2) is 30.5 Å². The highest BCUT2D eigenvalue weighted by atomic mass is 16.5. The molecule has 1 amide bonds. The Balaban J connectivity index is 2.27. The summed E-state index contributed by atoms with van der Waals surface area (Å²) < 4.78 is 5.23. The average Bonchev–Trinajstić information content (AvgIpc) is 2.68. The number of benzene rings is 1. The standard InChI is InChI=1S/C14H20N2O2/c1-4-8-16-13(15-10(2)14(16)17)11-6-5-7-12(9-11)18-3/h5-7,9-10,13,15H,4,8H2,1-3H3. The molecule has 1 N–H and O–H groups in total. The quantitative estimate of drug-likeness (QED) is 0.885. The van der Waals surface area contributed by atoms with Gasteiger partial charge in [-0.2, -0.15) is 0 Å². The fourth-order valence-corrected chi connectivity index (χ4v) is 2.34. The average molecular weight is 248 g/mol. The van der Waals surface area contributed by atoms with E-state index in [1.807, 2.05) is 36.1 Å². The Bertz CT molecular complexity index is 434. The summed E-state index contributed by atoms with van der Waals surface area (Å²) >= 11 is 0. The first-order valence-electron chi connectivity index (χ1n) is 6.38. The van der Waals surface area contributed by atoms with Gasteiger partial charge >= 0.3 is 0 Å². The molecule has 98 valence electrons. The van der Waals surface area contributed by atoms with Crippen molar-refractivity contribution in [3.8, 4) is 5.75 Å². The van der Waals surface area contributed by atoms with E-state index in [1.54, 1.807) is 7.11 Å². The molecular formula is C14H20N2O2. The van der Waals surface area contributed by atoms with Gasteiger partial charge in [0.1, 0.15) is 11.9 Å². The Morgan fingerprint density at radius 2 is 2.22 bits per heavy atom. The van der Waals surface area contributed by atoms with Gasteiger partial charge in [0.25, 0.3) is 0 Å². The number of amides is 1. The van der Waals surface area contributed by atoms with Crippen LogP contribution in [0.25, 0.3) is 0 Å². The van der Waals surface area contributed by atoms with Gasteiger partial charge in [-0.15, -0.1) is 0 Å². The number of ether oxygens (including phenoxy) is 1. The molecule has 18 heavy (non-hydrogen) atoms. The van der Waals surface area contributed by atoms with E-state index in [0.717, 1.165) is 24.3 Å². The van der Waals surface area contributed by atoms with Crippen LogP contribution in [-0.2, 0) is 4.79 Å². The Morgan fingerprint density at radius 3 is 2.89 bits per heavy atom. The molecule has 4 nitrogen and oxygen atoms in total. The largest absolute Gasteiger partial charge is 0.497 e. The zero-order valence-corrected chi connectivity index (χ0v) is 11.1. The van der Waals surface area contributed by atoms with Gasteiger partial charge in [-0.05, 0) is 31.0 Å². The first-order chi connectivity index (χ1) is 8.67. The predicted molar refractivity (Wildman–Crippen MR) is 70.3 cm³/mol. The van der Waals surface area contributed by atoms with Crippen LogP contribution in [0.1, 0.15) is 32.0 Å². The summed E-state index contributed by atoms with van der Waals surface area (Å²) in [5.74, 6) is 0.988. The molecule has 2 rings (SSSR count). The molecule has 0 bridgehead atoms. The summed E-state index contributed by atoms with van der Waals surface area (Å²) in [7, 11) is 1.65. The second-order valence-electron chi connectivity index (χ2n) is 4.60. The fourth-order valence-electron chi connectivity index (χ4n) is 2.34. The van der Waals surface area contributed by atoms with Crippen LogP contribution in [0.2, 0.25) is 0 Å². The minimum absolute atomic E-state index is 0.0393. The number of hydrogen-bond donors (Lipinski definition) is 1. The van der Waals surface area contributed by atoms with Crippen LogP contribution in [0.5, 0.6) is 5.75 Å². The Hall–Kier alpha value is -1.55. The minimum Gasteiger partial charge on any atom is -0.497 e. The Labute approximate surface area is 108 Å². The molecule has 2 unspecified atom stereocenters. The third-order valence-electron chi connectivity index (χ3n) is 3.25. The molecular weight excluding hydrogens is 228 g/mol. The number of carbonyl (C=O) groups is 1. The van der Waals surface area contributed by atoms with Crippen molar-refractivity contribution in [3.05, 3.63) is 29.8 Å². The van der Waals surface area contributed by atoms with Gasteiger partial charge in [-0.25, -0.2) is 0 Å². The first-order valence-corrected chi connectivity index (χ1v) is 6.38. The number of nitrogens with one attached hydrogen (secondary N) is 1. The molecule has 2 atom stereocenters. The van der Waals surface area contributed by atoms with E-state index < -0.39 is 0 Å². The number of hydrogen-bond acceptors (Lipinski definition) is 3. The van der Waals surface area contributed by atoms with Crippen molar-refractivity contribution in [2.75, 3.05) is 13.7 Å². The van der Waals surface area contributed by atoms with E-state index >= 15 is 0 Å². The minimum atomic E-state index is -0.118. The van der Waals surface area contributed by atoms with Crippen molar-refractivity contribution in [3.63, 3.8) is 0 Å². The third kappa shape index (κ3) is 2.34. The maximum atomic E-state index is 12.1. The summed E-state index contributed by atoms with van der Waals surface area (Å²) in [5, 5.41) is 3.33. The van der Waals surface area contributed by atoms with Crippen molar-refractivity contribution in [1.29, 1.82) is 0 Å². The highest BCUT2D eigenvalue weighted by Gasteiger charge is 2.36. The predicted octanol–water partition coefficient (Wildman–Crippen LogP) is 1.92. The normalized spacial score (nSPS) is 23.5. The van der Waals surface area contributed by atoms with Crippen LogP contribution in [0, 0.1) is 0 Å². The second-order valence-corrected chi connectivity index (χ2v) is 4.60. The van der Waals surface area contributed by atoms with Crippen molar-refractivity contribution in [1.82, 2.24) is 10.2 Å². The fraction of sp³-hybridized carbons (Fsp3) is 0.500. The Kier molecular flexibility index (Phi) is 3.87. The summed E-state index contributed by atoms with van der Waals surface area (Å²) in [6.07, 6.45) is 0.920. The van der Waals surface area contributed by atoms with E-state index in [4.69, 9.17) is 4.74 Å². The molecule has 0 spiro atoms. The number of carbonyl (C=O) groups excluding carboxylic acids is 1. The van der Waals surface area contributed by atoms with Crippen molar-refractivity contribution in [2.24, 2.45) is 0 Å². The third-order valence-corrected chi connectivity index (χ3v) is 3.25.